The number of carbonyl (C=O) groups excluding carboxylic acids is 2. The van der Waals surface area contributed by atoms with Crippen molar-refractivity contribution in [1.82, 2.24) is 5.32 Å². The minimum atomic E-state index is -0.458. The molecule has 8 heteroatoms. The molecular formula is C24H29NO7. The topological polar surface area (TPSA) is 92.3 Å². The van der Waals surface area contributed by atoms with E-state index >= 15 is 0 Å². The first-order valence-corrected chi connectivity index (χ1v) is 10.1. The summed E-state index contributed by atoms with van der Waals surface area (Å²) in [6.07, 6.45) is 3.14. The van der Waals surface area contributed by atoms with Crippen LogP contribution in [0.5, 0.6) is 23.0 Å². The predicted octanol–water partition coefficient (Wildman–Crippen LogP) is 3.54. The van der Waals surface area contributed by atoms with Gasteiger partial charge < -0.3 is 29.0 Å². The molecule has 1 atom stereocenters. The van der Waals surface area contributed by atoms with Crippen LogP contribution in [-0.4, -0.2) is 46.4 Å². The van der Waals surface area contributed by atoms with Crippen molar-refractivity contribution in [2.45, 2.75) is 19.9 Å². The molecule has 2 rings (SSSR count). The van der Waals surface area contributed by atoms with Crippen molar-refractivity contribution in [2.75, 3.05) is 34.5 Å². The molecule has 0 saturated carbocycles. The third-order valence-corrected chi connectivity index (χ3v) is 4.53. The van der Waals surface area contributed by atoms with E-state index in [1.165, 1.54) is 13.2 Å². The molecule has 0 aliphatic rings. The fourth-order valence-corrected chi connectivity index (χ4v) is 2.89. The van der Waals surface area contributed by atoms with E-state index < -0.39 is 5.97 Å². The number of hydrogen-bond acceptors (Lipinski definition) is 7. The van der Waals surface area contributed by atoms with Crippen molar-refractivity contribution >= 4 is 18.0 Å². The summed E-state index contributed by atoms with van der Waals surface area (Å²) in [7, 11) is 4.63. The summed E-state index contributed by atoms with van der Waals surface area (Å²) in [5.41, 5.74) is 1.62. The second-order valence-electron chi connectivity index (χ2n) is 6.68. The van der Waals surface area contributed by atoms with Gasteiger partial charge in [0, 0.05) is 6.08 Å². The summed E-state index contributed by atoms with van der Waals surface area (Å²) in [6, 6.07) is 10.3. The zero-order valence-corrected chi connectivity index (χ0v) is 19.0. The quantitative estimate of drug-likeness (QED) is 0.419. The number of methoxy groups -OCH3 is 3. The van der Waals surface area contributed by atoms with E-state index in [4.69, 9.17) is 23.7 Å². The highest BCUT2D eigenvalue weighted by Gasteiger charge is 2.13. The van der Waals surface area contributed by atoms with Gasteiger partial charge in [-0.1, -0.05) is 12.1 Å². The molecule has 8 nitrogen and oxygen atoms in total. The summed E-state index contributed by atoms with van der Waals surface area (Å²) < 4.78 is 26.2. The number of amides is 1. The Morgan fingerprint density at radius 2 is 1.59 bits per heavy atom. The molecule has 0 saturated heterocycles. The van der Waals surface area contributed by atoms with Crippen LogP contribution in [0.3, 0.4) is 0 Å². The molecule has 172 valence electrons. The molecule has 0 heterocycles. The first kappa shape index (κ1) is 24.6. The van der Waals surface area contributed by atoms with Gasteiger partial charge in [-0.05, 0) is 55.3 Å². The second kappa shape index (κ2) is 12.2. The average molecular weight is 443 g/mol. The highest BCUT2D eigenvalue weighted by molar-refractivity contribution is 5.92. The van der Waals surface area contributed by atoms with Crippen molar-refractivity contribution in [3.8, 4) is 23.0 Å². The fourth-order valence-electron chi connectivity index (χ4n) is 2.89. The maximum absolute atomic E-state index is 12.4. The van der Waals surface area contributed by atoms with Gasteiger partial charge in [0.15, 0.2) is 29.6 Å². The van der Waals surface area contributed by atoms with Crippen LogP contribution in [-0.2, 0) is 14.3 Å². The molecule has 0 unspecified atom stereocenters. The lowest BCUT2D eigenvalue weighted by molar-refractivity contribution is -0.145. The number of ether oxygens (including phenoxy) is 5. The zero-order valence-electron chi connectivity index (χ0n) is 19.0. The van der Waals surface area contributed by atoms with E-state index in [-0.39, 0.29) is 25.2 Å². The van der Waals surface area contributed by atoms with Gasteiger partial charge in [-0.15, -0.1) is 0 Å². The van der Waals surface area contributed by atoms with Crippen LogP contribution in [0.15, 0.2) is 42.5 Å². The monoisotopic (exact) mass is 443 g/mol. The Morgan fingerprint density at radius 3 is 2.25 bits per heavy atom. The molecular weight excluding hydrogens is 414 g/mol. The van der Waals surface area contributed by atoms with Crippen LogP contribution in [0, 0.1) is 0 Å². The third kappa shape index (κ3) is 6.94. The third-order valence-electron chi connectivity index (χ3n) is 4.53. The number of carbonyl (C=O) groups is 2. The zero-order chi connectivity index (χ0) is 23.5. The van der Waals surface area contributed by atoms with Crippen molar-refractivity contribution in [2.24, 2.45) is 0 Å². The number of hydrogen-bond donors (Lipinski definition) is 1. The van der Waals surface area contributed by atoms with Gasteiger partial charge in [0.05, 0.1) is 34.0 Å². The molecule has 1 N–H and O–H groups in total. The largest absolute Gasteiger partial charge is 0.493 e. The molecule has 0 aliphatic carbocycles. The van der Waals surface area contributed by atoms with Crippen LogP contribution in [0.2, 0.25) is 0 Å². The maximum atomic E-state index is 12.4. The standard InChI is InChI=1S/C24H29NO7/c1-6-31-24(27)15-32-20-11-9-18(14-22(20)30-5)16(2)25-23(26)12-8-17-7-10-19(28-3)21(13-17)29-4/h7-14,16H,6,15H2,1-5H3,(H,25,26)/b12-8+/t16-/m0/s1. The summed E-state index contributed by atoms with van der Waals surface area (Å²) in [4.78, 5) is 23.9. The van der Waals surface area contributed by atoms with Crippen LogP contribution >= 0.6 is 0 Å². The predicted molar refractivity (Wildman–Crippen MR) is 120 cm³/mol. The molecule has 0 spiro atoms. The number of esters is 1. The minimum Gasteiger partial charge on any atom is -0.493 e. The lowest BCUT2D eigenvalue weighted by atomic mass is 10.1. The van der Waals surface area contributed by atoms with E-state index in [0.717, 1.165) is 11.1 Å². The van der Waals surface area contributed by atoms with Gasteiger partial charge in [-0.25, -0.2) is 4.79 Å². The number of rotatable bonds is 11. The van der Waals surface area contributed by atoms with Gasteiger partial charge >= 0.3 is 5.97 Å². The Morgan fingerprint density at radius 1 is 0.938 bits per heavy atom. The highest BCUT2D eigenvalue weighted by atomic mass is 16.6. The van der Waals surface area contributed by atoms with E-state index in [1.54, 1.807) is 57.6 Å². The highest BCUT2D eigenvalue weighted by Crippen LogP contribution is 2.30. The summed E-state index contributed by atoms with van der Waals surface area (Å²) in [5.74, 6) is 1.35. The van der Waals surface area contributed by atoms with Crippen LogP contribution in [0.25, 0.3) is 6.08 Å². The van der Waals surface area contributed by atoms with E-state index in [9.17, 15) is 9.59 Å². The molecule has 2 aromatic rings. The summed E-state index contributed by atoms with van der Waals surface area (Å²) in [6.45, 7) is 3.66. The van der Waals surface area contributed by atoms with Crippen molar-refractivity contribution < 1.29 is 33.3 Å². The number of nitrogens with one attached hydrogen (secondary N) is 1. The van der Waals surface area contributed by atoms with Gasteiger partial charge in [0.2, 0.25) is 5.91 Å². The molecule has 32 heavy (non-hydrogen) atoms. The van der Waals surface area contributed by atoms with Gasteiger partial charge in [-0.3, -0.25) is 4.79 Å². The smallest absolute Gasteiger partial charge is 0.344 e. The van der Waals surface area contributed by atoms with Crippen LogP contribution < -0.4 is 24.3 Å². The number of benzene rings is 2. The Bertz CT molecular complexity index is 955. The van der Waals surface area contributed by atoms with Gasteiger partial charge in [0.1, 0.15) is 0 Å². The van der Waals surface area contributed by atoms with Gasteiger partial charge in [0.25, 0.3) is 0 Å². The molecule has 0 bridgehead atoms. The molecule has 0 radical (unpaired) electrons. The Kier molecular flexibility index (Phi) is 9.41. The molecule has 0 aromatic heterocycles. The van der Waals surface area contributed by atoms with E-state index in [2.05, 4.69) is 5.32 Å². The fraction of sp³-hybridized carbons (Fsp3) is 0.333. The second-order valence-corrected chi connectivity index (χ2v) is 6.68. The molecule has 2 aromatic carbocycles. The van der Waals surface area contributed by atoms with E-state index in [1.807, 2.05) is 13.0 Å². The molecule has 0 fully saturated rings. The normalized spacial score (nSPS) is 11.5. The van der Waals surface area contributed by atoms with Crippen LogP contribution in [0.4, 0.5) is 0 Å². The lowest BCUT2D eigenvalue weighted by Crippen LogP contribution is -2.24. The van der Waals surface area contributed by atoms with Crippen molar-refractivity contribution in [1.29, 1.82) is 0 Å². The van der Waals surface area contributed by atoms with Crippen LogP contribution in [0.1, 0.15) is 31.0 Å². The lowest BCUT2D eigenvalue weighted by Gasteiger charge is -2.16. The van der Waals surface area contributed by atoms with Crippen molar-refractivity contribution in [3.63, 3.8) is 0 Å². The Labute approximate surface area is 188 Å². The Balaban J connectivity index is 2.02. The van der Waals surface area contributed by atoms with Gasteiger partial charge in [-0.2, -0.15) is 0 Å². The van der Waals surface area contributed by atoms with Crippen molar-refractivity contribution in [3.05, 3.63) is 53.6 Å². The first-order valence-electron chi connectivity index (χ1n) is 10.1. The Hall–Kier alpha value is -3.68. The summed E-state index contributed by atoms with van der Waals surface area (Å²) >= 11 is 0. The SMILES string of the molecule is CCOC(=O)COc1ccc([C@H](C)NC(=O)/C=C/c2ccc(OC)c(OC)c2)cc1OC. The molecule has 0 aliphatic heterocycles. The molecule has 1 amide bonds. The summed E-state index contributed by atoms with van der Waals surface area (Å²) in [5, 5.41) is 2.90. The first-order chi connectivity index (χ1) is 15.4. The maximum Gasteiger partial charge on any atom is 0.344 e. The average Bonchev–Trinajstić information content (AvgIpc) is 2.81. The van der Waals surface area contributed by atoms with E-state index in [0.29, 0.717) is 23.0 Å². The minimum absolute atomic E-state index is 0.212.